The Hall–Kier alpha value is -0.890. The Morgan fingerprint density at radius 1 is 1.30 bits per heavy atom. The molecule has 0 spiro atoms. The maximum atomic E-state index is 12.4. The summed E-state index contributed by atoms with van der Waals surface area (Å²) < 4.78 is 38.0. The summed E-state index contributed by atoms with van der Waals surface area (Å²) in [5.74, 6) is 0.683. The van der Waals surface area contributed by atoms with Gasteiger partial charge >= 0.3 is 0 Å². The number of aryl methyl sites for hydroxylation is 2. The molecular formula is C13H23NO5S. The number of furan rings is 1. The van der Waals surface area contributed by atoms with Gasteiger partial charge in [-0.15, -0.1) is 0 Å². The second-order valence-corrected chi connectivity index (χ2v) is 6.90. The van der Waals surface area contributed by atoms with Gasteiger partial charge in [-0.1, -0.05) is 0 Å². The fourth-order valence-corrected chi connectivity index (χ4v) is 3.66. The molecule has 0 aliphatic heterocycles. The minimum absolute atomic E-state index is 0.0183. The van der Waals surface area contributed by atoms with Crippen molar-refractivity contribution >= 4 is 10.0 Å². The average molecular weight is 305 g/mol. The quantitative estimate of drug-likeness (QED) is 0.796. The Kier molecular flexibility index (Phi) is 5.37. The first-order valence-electron chi connectivity index (χ1n) is 6.48. The summed E-state index contributed by atoms with van der Waals surface area (Å²) in [6.45, 7) is 8.91. The van der Waals surface area contributed by atoms with E-state index in [4.69, 9.17) is 9.15 Å². The van der Waals surface area contributed by atoms with Crippen molar-refractivity contribution in [2.45, 2.75) is 51.7 Å². The molecule has 6 nitrogen and oxygen atoms in total. The average Bonchev–Trinajstić information content (AvgIpc) is 2.62. The highest BCUT2D eigenvalue weighted by Crippen LogP contribution is 2.26. The normalized spacial score (nSPS) is 12.9. The van der Waals surface area contributed by atoms with Crippen molar-refractivity contribution in [1.29, 1.82) is 0 Å². The Morgan fingerprint density at radius 2 is 1.90 bits per heavy atom. The zero-order chi connectivity index (χ0) is 15.6. The number of nitrogens with one attached hydrogen (secondary N) is 1. The lowest BCUT2D eigenvalue weighted by molar-refractivity contribution is -0.00515. The molecule has 0 aliphatic carbocycles. The molecule has 1 rings (SSSR count). The summed E-state index contributed by atoms with van der Waals surface area (Å²) in [7, 11) is -3.75. The van der Waals surface area contributed by atoms with Gasteiger partial charge in [0.1, 0.15) is 16.4 Å². The molecule has 0 fully saturated rings. The van der Waals surface area contributed by atoms with Crippen LogP contribution in [0.25, 0.3) is 0 Å². The van der Waals surface area contributed by atoms with E-state index >= 15 is 0 Å². The van der Waals surface area contributed by atoms with Crippen LogP contribution in [0.15, 0.2) is 9.31 Å². The Bertz CT molecular complexity index is 560. The van der Waals surface area contributed by atoms with E-state index in [9.17, 15) is 13.5 Å². The maximum Gasteiger partial charge on any atom is 0.244 e. The SMILES string of the molecule is CCOC(C)(C)CNS(=O)(=O)c1c(C)oc(C)c1CO. The molecule has 20 heavy (non-hydrogen) atoms. The first kappa shape index (κ1) is 17.2. The van der Waals surface area contributed by atoms with Gasteiger partial charge in [-0.3, -0.25) is 0 Å². The molecule has 116 valence electrons. The summed E-state index contributed by atoms with van der Waals surface area (Å²) in [5, 5.41) is 9.31. The molecule has 1 aromatic heterocycles. The third-order valence-electron chi connectivity index (χ3n) is 2.97. The van der Waals surface area contributed by atoms with Crippen LogP contribution in [0.2, 0.25) is 0 Å². The molecule has 7 heteroatoms. The maximum absolute atomic E-state index is 12.4. The summed E-state index contributed by atoms with van der Waals surface area (Å²) in [5.41, 5.74) is -0.308. The molecule has 0 saturated heterocycles. The van der Waals surface area contributed by atoms with Crippen LogP contribution in [-0.2, 0) is 21.4 Å². The summed E-state index contributed by atoms with van der Waals surface area (Å²) in [6, 6.07) is 0. The summed E-state index contributed by atoms with van der Waals surface area (Å²) in [4.78, 5) is 0.0183. The first-order valence-corrected chi connectivity index (χ1v) is 7.96. The van der Waals surface area contributed by atoms with Gasteiger partial charge < -0.3 is 14.3 Å². The van der Waals surface area contributed by atoms with Gasteiger partial charge in [0.05, 0.1) is 12.2 Å². The monoisotopic (exact) mass is 305 g/mol. The molecule has 0 atom stereocenters. The second kappa shape index (κ2) is 6.26. The lowest BCUT2D eigenvalue weighted by atomic mass is 10.1. The van der Waals surface area contributed by atoms with Crippen LogP contribution >= 0.6 is 0 Å². The molecule has 1 aromatic rings. The number of hydrogen-bond donors (Lipinski definition) is 2. The lowest BCUT2D eigenvalue weighted by Crippen LogP contribution is -2.40. The van der Waals surface area contributed by atoms with Crippen LogP contribution in [0.5, 0.6) is 0 Å². The van der Waals surface area contributed by atoms with Crippen molar-refractivity contribution in [3.05, 3.63) is 17.1 Å². The van der Waals surface area contributed by atoms with Gasteiger partial charge in [0.15, 0.2) is 0 Å². The van der Waals surface area contributed by atoms with E-state index in [2.05, 4.69) is 4.72 Å². The van der Waals surface area contributed by atoms with Crippen molar-refractivity contribution in [2.75, 3.05) is 13.2 Å². The van der Waals surface area contributed by atoms with E-state index in [1.807, 2.05) is 6.92 Å². The number of ether oxygens (including phenoxy) is 1. The summed E-state index contributed by atoms with van der Waals surface area (Å²) in [6.07, 6.45) is 0. The standard InChI is InChI=1S/C13H23NO5S/c1-6-18-13(4,5)8-14-20(16,17)12-10(3)19-9(2)11(12)7-15/h14-15H,6-8H2,1-5H3. The topological polar surface area (TPSA) is 88.8 Å². The highest BCUT2D eigenvalue weighted by atomic mass is 32.2. The van der Waals surface area contributed by atoms with Crippen LogP contribution in [-0.4, -0.2) is 32.3 Å². The number of hydrogen-bond acceptors (Lipinski definition) is 5. The lowest BCUT2D eigenvalue weighted by Gasteiger charge is -2.24. The second-order valence-electron chi connectivity index (χ2n) is 5.20. The van der Waals surface area contributed by atoms with Crippen LogP contribution < -0.4 is 4.72 Å². The van der Waals surface area contributed by atoms with Gasteiger partial charge in [0.2, 0.25) is 10.0 Å². The van der Waals surface area contributed by atoms with Crippen molar-refractivity contribution in [3.8, 4) is 0 Å². The van der Waals surface area contributed by atoms with Gasteiger partial charge in [0.25, 0.3) is 0 Å². The minimum Gasteiger partial charge on any atom is -0.465 e. The predicted octanol–water partition coefficient (Wildman–Crippen LogP) is 1.48. The zero-order valence-electron chi connectivity index (χ0n) is 12.6. The van der Waals surface area contributed by atoms with Gasteiger partial charge in [-0.25, -0.2) is 13.1 Å². The number of aliphatic hydroxyl groups is 1. The van der Waals surface area contributed by atoms with Crippen LogP contribution in [0, 0.1) is 13.8 Å². The van der Waals surface area contributed by atoms with E-state index in [0.717, 1.165) is 0 Å². The van der Waals surface area contributed by atoms with Crippen molar-refractivity contribution < 1.29 is 22.7 Å². The van der Waals surface area contributed by atoms with Crippen LogP contribution in [0.4, 0.5) is 0 Å². The van der Waals surface area contributed by atoms with E-state index in [0.29, 0.717) is 17.9 Å². The smallest absolute Gasteiger partial charge is 0.244 e. The van der Waals surface area contributed by atoms with E-state index in [-0.39, 0.29) is 23.8 Å². The van der Waals surface area contributed by atoms with Crippen molar-refractivity contribution in [2.24, 2.45) is 0 Å². The molecule has 0 unspecified atom stereocenters. The number of rotatable bonds is 7. The van der Waals surface area contributed by atoms with E-state index in [1.54, 1.807) is 27.7 Å². The van der Waals surface area contributed by atoms with Crippen molar-refractivity contribution in [1.82, 2.24) is 4.72 Å². The summed E-state index contributed by atoms with van der Waals surface area (Å²) >= 11 is 0. The van der Waals surface area contributed by atoms with Crippen LogP contribution in [0.3, 0.4) is 0 Å². The Labute approximate surface area is 120 Å². The van der Waals surface area contributed by atoms with E-state index in [1.165, 1.54) is 0 Å². The zero-order valence-corrected chi connectivity index (χ0v) is 13.4. The minimum atomic E-state index is -3.75. The third kappa shape index (κ3) is 3.82. The number of aliphatic hydroxyl groups excluding tert-OH is 1. The third-order valence-corrected chi connectivity index (χ3v) is 4.57. The first-order chi connectivity index (χ1) is 9.14. The van der Waals surface area contributed by atoms with E-state index < -0.39 is 15.6 Å². The highest BCUT2D eigenvalue weighted by molar-refractivity contribution is 7.89. The molecule has 0 aliphatic rings. The largest absolute Gasteiger partial charge is 0.465 e. The molecule has 0 aromatic carbocycles. The predicted molar refractivity (Wildman–Crippen MR) is 75.0 cm³/mol. The molecule has 1 heterocycles. The highest BCUT2D eigenvalue weighted by Gasteiger charge is 2.28. The van der Waals surface area contributed by atoms with Gasteiger partial charge in [0, 0.05) is 18.7 Å². The molecular weight excluding hydrogens is 282 g/mol. The van der Waals surface area contributed by atoms with Gasteiger partial charge in [-0.05, 0) is 34.6 Å². The Morgan fingerprint density at radius 3 is 2.40 bits per heavy atom. The molecule has 0 radical (unpaired) electrons. The Balaban J connectivity index is 3.01. The molecule has 0 amide bonds. The fraction of sp³-hybridized carbons (Fsp3) is 0.692. The van der Waals surface area contributed by atoms with Gasteiger partial charge in [-0.2, -0.15) is 0 Å². The molecule has 0 bridgehead atoms. The molecule has 2 N–H and O–H groups in total. The fourth-order valence-electron chi connectivity index (χ4n) is 2.03. The van der Waals surface area contributed by atoms with Crippen molar-refractivity contribution in [3.63, 3.8) is 0 Å². The van der Waals surface area contributed by atoms with Crippen LogP contribution in [0.1, 0.15) is 37.9 Å². The molecule has 0 saturated carbocycles. The number of sulfonamides is 1.